The lowest BCUT2D eigenvalue weighted by Gasteiger charge is -2.08. The molecule has 2 rings (SSSR count). The molecule has 0 aromatic heterocycles. The van der Waals surface area contributed by atoms with Gasteiger partial charge < -0.3 is 5.32 Å². The zero-order chi connectivity index (χ0) is 17.0. The van der Waals surface area contributed by atoms with E-state index in [0.29, 0.717) is 16.7 Å². The molecule has 0 bridgehead atoms. The largest absolute Gasteiger partial charge is 0.348 e. The van der Waals surface area contributed by atoms with Crippen molar-refractivity contribution in [3.8, 4) is 0 Å². The number of nitrogens with one attached hydrogen (secondary N) is 1. The molecule has 0 aliphatic carbocycles. The van der Waals surface area contributed by atoms with E-state index in [1.807, 2.05) is 0 Å². The number of halogens is 2. The third-order valence-electron chi connectivity index (χ3n) is 3.09. The molecule has 1 amide bonds. The fourth-order valence-electron chi connectivity index (χ4n) is 2.01. The van der Waals surface area contributed by atoms with Gasteiger partial charge >= 0.3 is 0 Å². The first-order chi connectivity index (χ1) is 10.7. The maximum absolute atomic E-state index is 13.6. The van der Waals surface area contributed by atoms with Gasteiger partial charge in [-0.1, -0.05) is 28.1 Å². The topological polar surface area (TPSA) is 63.2 Å². The van der Waals surface area contributed by atoms with Crippen molar-refractivity contribution in [2.75, 3.05) is 6.26 Å². The van der Waals surface area contributed by atoms with Crippen LogP contribution in [0, 0.1) is 5.82 Å². The quantitative estimate of drug-likeness (QED) is 0.839. The van der Waals surface area contributed by atoms with Gasteiger partial charge in [0.25, 0.3) is 5.91 Å². The number of hydrogen-bond acceptors (Lipinski definition) is 3. The number of hydrogen-bond donors (Lipinski definition) is 1. The van der Waals surface area contributed by atoms with Crippen molar-refractivity contribution in [1.29, 1.82) is 0 Å². The summed E-state index contributed by atoms with van der Waals surface area (Å²) in [7, 11) is -3.11. The number of sulfone groups is 1. The molecule has 0 heterocycles. The molecule has 0 saturated heterocycles. The summed E-state index contributed by atoms with van der Waals surface area (Å²) in [5, 5.41) is 2.63. The first-order valence-electron chi connectivity index (χ1n) is 6.73. The Morgan fingerprint density at radius 2 is 1.83 bits per heavy atom. The molecule has 2 aromatic rings. The van der Waals surface area contributed by atoms with E-state index < -0.39 is 15.7 Å². The van der Waals surface area contributed by atoms with Crippen molar-refractivity contribution in [1.82, 2.24) is 5.32 Å². The zero-order valence-electron chi connectivity index (χ0n) is 12.3. The third kappa shape index (κ3) is 5.44. The SMILES string of the molecule is CS(=O)(=O)Cc1ccc(C(=O)NCc2cc(Br)ccc2F)cc1. The molecule has 0 saturated carbocycles. The van der Waals surface area contributed by atoms with Crippen LogP contribution in [0.2, 0.25) is 0 Å². The second-order valence-corrected chi connectivity index (χ2v) is 8.24. The van der Waals surface area contributed by atoms with Gasteiger partial charge in [0.2, 0.25) is 0 Å². The standard InChI is InChI=1S/C16H15BrFNO3S/c1-23(21,22)10-11-2-4-12(5-3-11)16(20)19-9-13-8-14(17)6-7-15(13)18/h2-8H,9-10H2,1H3,(H,19,20). The summed E-state index contributed by atoms with van der Waals surface area (Å²) < 4.78 is 36.8. The van der Waals surface area contributed by atoms with Gasteiger partial charge in [0, 0.05) is 28.4 Å². The van der Waals surface area contributed by atoms with Crippen LogP contribution in [0.1, 0.15) is 21.5 Å². The number of carbonyl (C=O) groups excluding carboxylic acids is 1. The van der Waals surface area contributed by atoms with Crippen molar-refractivity contribution in [2.24, 2.45) is 0 Å². The Balaban J connectivity index is 2.02. The Labute approximate surface area is 142 Å². The van der Waals surface area contributed by atoms with Crippen LogP contribution >= 0.6 is 15.9 Å². The summed E-state index contributed by atoms with van der Waals surface area (Å²) >= 11 is 3.25. The maximum Gasteiger partial charge on any atom is 0.251 e. The molecule has 2 aromatic carbocycles. The average Bonchev–Trinajstić information content (AvgIpc) is 2.47. The van der Waals surface area contributed by atoms with Gasteiger partial charge in [0.1, 0.15) is 5.82 Å². The Bertz CT molecular complexity index is 820. The highest BCUT2D eigenvalue weighted by Gasteiger charge is 2.09. The lowest BCUT2D eigenvalue weighted by molar-refractivity contribution is 0.0950. The Kier molecular flexibility index (Phi) is 5.54. The highest BCUT2D eigenvalue weighted by molar-refractivity contribution is 9.10. The molecule has 23 heavy (non-hydrogen) atoms. The van der Waals surface area contributed by atoms with Crippen LogP contribution in [0.5, 0.6) is 0 Å². The van der Waals surface area contributed by atoms with Crippen LogP contribution in [0.25, 0.3) is 0 Å². The molecule has 1 N–H and O–H groups in total. The molecule has 0 aliphatic heterocycles. The zero-order valence-corrected chi connectivity index (χ0v) is 14.7. The normalized spacial score (nSPS) is 11.3. The second-order valence-electron chi connectivity index (χ2n) is 5.19. The van der Waals surface area contributed by atoms with E-state index >= 15 is 0 Å². The number of carbonyl (C=O) groups is 1. The number of amides is 1. The predicted octanol–water partition coefficient (Wildman–Crippen LogP) is 3.06. The van der Waals surface area contributed by atoms with Gasteiger partial charge in [-0.25, -0.2) is 12.8 Å². The summed E-state index contributed by atoms with van der Waals surface area (Å²) in [4.78, 5) is 12.0. The smallest absolute Gasteiger partial charge is 0.251 e. The van der Waals surface area contributed by atoms with E-state index in [9.17, 15) is 17.6 Å². The Morgan fingerprint density at radius 1 is 1.17 bits per heavy atom. The van der Waals surface area contributed by atoms with E-state index in [2.05, 4.69) is 21.2 Å². The summed E-state index contributed by atoms with van der Waals surface area (Å²) in [6.45, 7) is 0.0647. The van der Waals surface area contributed by atoms with Gasteiger partial charge in [-0.2, -0.15) is 0 Å². The summed E-state index contributed by atoms with van der Waals surface area (Å²) in [6, 6.07) is 10.8. The minimum Gasteiger partial charge on any atom is -0.348 e. The lowest BCUT2D eigenvalue weighted by Crippen LogP contribution is -2.23. The molecule has 0 unspecified atom stereocenters. The van der Waals surface area contributed by atoms with Crippen LogP contribution in [-0.2, 0) is 22.1 Å². The molecule has 7 heteroatoms. The average molecular weight is 400 g/mol. The highest BCUT2D eigenvalue weighted by Crippen LogP contribution is 2.15. The van der Waals surface area contributed by atoms with Crippen molar-refractivity contribution < 1.29 is 17.6 Å². The molecule has 0 radical (unpaired) electrons. The highest BCUT2D eigenvalue weighted by atomic mass is 79.9. The van der Waals surface area contributed by atoms with Crippen LogP contribution in [0.3, 0.4) is 0 Å². The molecule has 0 spiro atoms. The van der Waals surface area contributed by atoms with E-state index in [-0.39, 0.29) is 18.2 Å². The monoisotopic (exact) mass is 399 g/mol. The van der Waals surface area contributed by atoms with E-state index in [1.54, 1.807) is 36.4 Å². The van der Waals surface area contributed by atoms with Crippen molar-refractivity contribution in [3.05, 3.63) is 69.4 Å². The third-order valence-corrected chi connectivity index (χ3v) is 4.44. The first-order valence-corrected chi connectivity index (χ1v) is 9.59. The fraction of sp³-hybridized carbons (Fsp3) is 0.188. The van der Waals surface area contributed by atoms with E-state index in [0.717, 1.165) is 10.7 Å². The van der Waals surface area contributed by atoms with Crippen LogP contribution in [0.15, 0.2) is 46.9 Å². The van der Waals surface area contributed by atoms with Crippen LogP contribution in [0.4, 0.5) is 4.39 Å². The van der Waals surface area contributed by atoms with Gasteiger partial charge in [-0.05, 0) is 35.9 Å². The molecule has 4 nitrogen and oxygen atoms in total. The minimum atomic E-state index is -3.11. The fourth-order valence-corrected chi connectivity index (χ4v) is 3.22. The van der Waals surface area contributed by atoms with Gasteiger partial charge in [0.15, 0.2) is 9.84 Å². The predicted molar refractivity (Wildman–Crippen MR) is 90.3 cm³/mol. The first kappa shape index (κ1) is 17.6. The summed E-state index contributed by atoms with van der Waals surface area (Å²) in [5.41, 5.74) is 1.38. The van der Waals surface area contributed by atoms with Crippen molar-refractivity contribution in [2.45, 2.75) is 12.3 Å². The second kappa shape index (κ2) is 7.23. The van der Waals surface area contributed by atoms with E-state index in [1.165, 1.54) is 6.07 Å². The van der Waals surface area contributed by atoms with E-state index in [4.69, 9.17) is 0 Å². The molecule has 122 valence electrons. The van der Waals surface area contributed by atoms with Crippen LogP contribution < -0.4 is 5.32 Å². The Morgan fingerprint density at radius 3 is 2.43 bits per heavy atom. The molecule has 0 aliphatic rings. The number of benzene rings is 2. The summed E-state index contributed by atoms with van der Waals surface area (Å²) in [5.74, 6) is -0.815. The number of rotatable bonds is 5. The molecular weight excluding hydrogens is 385 g/mol. The Hall–Kier alpha value is -1.73. The van der Waals surface area contributed by atoms with Gasteiger partial charge in [-0.15, -0.1) is 0 Å². The van der Waals surface area contributed by atoms with Gasteiger partial charge in [-0.3, -0.25) is 4.79 Å². The van der Waals surface area contributed by atoms with Gasteiger partial charge in [0.05, 0.1) is 5.75 Å². The lowest BCUT2D eigenvalue weighted by atomic mass is 10.1. The molecule has 0 atom stereocenters. The summed E-state index contributed by atoms with van der Waals surface area (Å²) in [6.07, 6.45) is 1.15. The van der Waals surface area contributed by atoms with Crippen molar-refractivity contribution in [3.63, 3.8) is 0 Å². The molecule has 0 fully saturated rings. The minimum absolute atomic E-state index is 0.0647. The maximum atomic E-state index is 13.6. The molecular formula is C16H15BrFNO3S. The van der Waals surface area contributed by atoms with Crippen LogP contribution in [-0.4, -0.2) is 20.6 Å². The van der Waals surface area contributed by atoms with Crippen molar-refractivity contribution >= 4 is 31.7 Å².